The third kappa shape index (κ3) is 2.66. The fraction of sp³-hybridized carbons (Fsp3) is 0.562. The lowest BCUT2D eigenvalue weighted by Gasteiger charge is -2.32. The molecule has 3 rings (SSSR count). The van der Waals surface area contributed by atoms with E-state index in [-0.39, 0.29) is 5.91 Å². The highest BCUT2D eigenvalue weighted by Gasteiger charge is 2.25. The Kier molecular flexibility index (Phi) is 3.92. The van der Waals surface area contributed by atoms with E-state index in [0.717, 1.165) is 55.8 Å². The molecule has 0 aromatic heterocycles. The number of hydrogen-bond acceptors (Lipinski definition) is 3. The standard InChI is InChI=1S/C16H22N2O2/c17-7-5-12-2-1-8-18(11-12)16(19)14-3-4-15-13(10-14)6-9-20-15/h3-4,10,12H,1-2,5-9,11,17H2. The van der Waals surface area contributed by atoms with Crippen molar-refractivity contribution in [3.8, 4) is 5.75 Å². The van der Waals surface area contributed by atoms with Crippen molar-refractivity contribution in [1.29, 1.82) is 0 Å². The molecule has 0 aliphatic carbocycles. The molecule has 4 nitrogen and oxygen atoms in total. The maximum Gasteiger partial charge on any atom is 0.253 e. The van der Waals surface area contributed by atoms with Crippen LogP contribution in [0.2, 0.25) is 0 Å². The molecule has 1 unspecified atom stereocenters. The Balaban J connectivity index is 1.72. The van der Waals surface area contributed by atoms with E-state index in [1.54, 1.807) is 0 Å². The van der Waals surface area contributed by atoms with Gasteiger partial charge in [0.1, 0.15) is 5.75 Å². The third-order valence-corrected chi connectivity index (χ3v) is 4.32. The number of hydrogen-bond donors (Lipinski definition) is 1. The van der Waals surface area contributed by atoms with Crippen LogP contribution >= 0.6 is 0 Å². The molecule has 0 spiro atoms. The van der Waals surface area contributed by atoms with Crippen LogP contribution in [0.15, 0.2) is 18.2 Å². The van der Waals surface area contributed by atoms with Crippen molar-refractivity contribution < 1.29 is 9.53 Å². The minimum atomic E-state index is 0.154. The maximum atomic E-state index is 12.6. The van der Waals surface area contributed by atoms with Gasteiger partial charge in [-0.3, -0.25) is 4.79 Å². The molecular formula is C16H22N2O2. The van der Waals surface area contributed by atoms with E-state index in [1.165, 1.54) is 6.42 Å². The van der Waals surface area contributed by atoms with Crippen LogP contribution in [0.3, 0.4) is 0 Å². The lowest BCUT2D eigenvalue weighted by Crippen LogP contribution is -2.40. The summed E-state index contributed by atoms with van der Waals surface area (Å²) in [5.41, 5.74) is 7.59. The van der Waals surface area contributed by atoms with Gasteiger partial charge in [-0.2, -0.15) is 0 Å². The van der Waals surface area contributed by atoms with E-state index >= 15 is 0 Å². The quantitative estimate of drug-likeness (QED) is 0.914. The Morgan fingerprint density at radius 1 is 1.45 bits per heavy atom. The fourth-order valence-electron chi connectivity index (χ4n) is 3.22. The Morgan fingerprint density at radius 3 is 3.20 bits per heavy atom. The maximum absolute atomic E-state index is 12.6. The first-order valence-electron chi connectivity index (χ1n) is 7.53. The average molecular weight is 274 g/mol. The first-order chi connectivity index (χ1) is 9.78. The highest BCUT2D eigenvalue weighted by molar-refractivity contribution is 5.94. The van der Waals surface area contributed by atoms with Crippen molar-refractivity contribution >= 4 is 5.91 Å². The predicted octanol–water partition coefficient (Wildman–Crippen LogP) is 1.82. The second kappa shape index (κ2) is 5.83. The molecule has 2 aliphatic heterocycles. The number of rotatable bonds is 3. The number of amides is 1. The van der Waals surface area contributed by atoms with Gasteiger partial charge in [-0.15, -0.1) is 0 Å². The molecule has 2 heterocycles. The van der Waals surface area contributed by atoms with Crippen molar-refractivity contribution in [2.75, 3.05) is 26.2 Å². The van der Waals surface area contributed by atoms with Crippen molar-refractivity contribution in [3.63, 3.8) is 0 Å². The third-order valence-electron chi connectivity index (χ3n) is 4.32. The van der Waals surface area contributed by atoms with E-state index in [4.69, 9.17) is 10.5 Å². The topological polar surface area (TPSA) is 55.6 Å². The second-order valence-corrected chi connectivity index (χ2v) is 5.76. The first kappa shape index (κ1) is 13.4. The molecule has 1 atom stereocenters. The van der Waals surface area contributed by atoms with Crippen LogP contribution in [0.25, 0.3) is 0 Å². The summed E-state index contributed by atoms with van der Waals surface area (Å²) in [4.78, 5) is 14.6. The first-order valence-corrected chi connectivity index (χ1v) is 7.53. The molecule has 2 N–H and O–H groups in total. The van der Waals surface area contributed by atoms with E-state index in [0.29, 0.717) is 12.5 Å². The number of piperidine rings is 1. The second-order valence-electron chi connectivity index (χ2n) is 5.76. The summed E-state index contributed by atoms with van der Waals surface area (Å²) in [5.74, 6) is 1.65. The van der Waals surface area contributed by atoms with Gasteiger partial charge in [-0.1, -0.05) is 0 Å². The number of nitrogens with two attached hydrogens (primary N) is 1. The van der Waals surface area contributed by atoms with Gasteiger partial charge in [-0.25, -0.2) is 0 Å². The van der Waals surface area contributed by atoms with Crippen molar-refractivity contribution in [2.24, 2.45) is 11.7 Å². The largest absolute Gasteiger partial charge is 0.493 e. The molecule has 1 fully saturated rings. The molecule has 1 amide bonds. The molecule has 20 heavy (non-hydrogen) atoms. The highest BCUT2D eigenvalue weighted by Crippen LogP contribution is 2.27. The minimum absolute atomic E-state index is 0.154. The molecule has 4 heteroatoms. The Hall–Kier alpha value is -1.55. The lowest BCUT2D eigenvalue weighted by atomic mass is 9.94. The molecule has 108 valence electrons. The Labute approximate surface area is 119 Å². The van der Waals surface area contributed by atoms with Gasteiger partial charge in [0.2, 0.25) is 0 Å². The van der Waals surface area contributed by atoms with Crippen LogP contribution in [0.1, 0.15) is 35.2 Å². The van der Waals surface area contributed by atoms with E-state index in [1.807, 2.05) is 23.1 Å². The summed E-state index contributed by atoms with van der Waals surface area (Å²) >= 11 is 0. The molecule has 0 saturated carbocycles. The number of carbonyl (C=O) groups excluding carboxylic acids is 1. The van der Waals surface area contributed by atoms with Crippen molar-refractivity contribution in [1.82, 2.24) is 4.90 Å². The van der Waals surface area contributed by atoms with Gasteiger partial charge in [0, 0.05) is 25.1 Å². The number of fused-ring (bicyclic) bond motifs is 1. The smallest absolute Gasteiger partial charge is 0.253 e. The summed E-state index contributed by atoms with van der Waals surface area (Å²) in [6.07, 6.45) is 4.21. The fourth-order valence-corrected chi connectivity index (χ4v) is 3.22. The van der Waals surface area contributed by atoms with E-state index in [9.17, 15) is 4.79 Å². The van der Waals surface area contributed by atoms with Crippen LogP contribution in [0.5, 0.6) is 5.75 Å². The van der Waals surface area contributed by atoms with E-state index < -0.39 is 0 Å². The Bertz CT molecular complexity index is 499. The summed E-state index contributed by atoms with van der Waals surface area (Å²) < 4.78 is 5.49. The average Bonchev–Trinajstić information content (AvgIpc) is 2.94. The monoisotopic (exact) mass is 274 g/mol. The number of ether oxygens (including phenoxy) is 1. The lowest BCUT2D eigenvalue weighted by molar-refractivity contribution is 0.0669. The molecule has 1 saturated heterocycles. The number of benzene rings is 1. The van der Waals surface area contributed by atoms with Gasteiger partial charge >= 0.3 is 0 Å². The van der Waals surface area contributed by atoms with Gasteiger partial charge in [0.25, 0.3) is 5.91 Å². The number of likely N-dealkylation sites (tertiary alicyclic amines) is 1. The summed E-state index contributed by atoms with van der Waals surface area (Å²) in [6.45, 7) is 3.16. The molecule has 1 aromatic rings. The Morgan fingerprint density at radius 2 is 2.35 bits per heavy atom. The van der Waals surface area contributed by atoms with Gasteiger partial charge in [0.15, 0.2) is 0 Å². The van der Waals surface area contributed by atoms with Gasteiger partial charge in [0.05, 0.1) is 6.61 Å². The van der Waals surface area contributed by atoms with Crippen LogP contribution in [-0.4, -0.2) is 37.0 Å². The normalized spacial score (nSPS) is 21.4. The summed E-state index contributed by atoms with van der Waals surface area (Å²) in [5, 5.41) is 0. The van der Waals surface area contributed by atoms with E-state index in [2.05, 4.69) is 0 Å². The summed E-state index contributed by atoms with van der Waals surface area (Å²) in [6, 6.07) is 5.81. The molecule has 0 radical (unpaired) electrons. The molecular weight excluding hydrogens is 252 g/mol. The minimum Gasteiger partial charge on any atom is -0.493 e. The molecule has 0 bridgehead atoms. The van der Waals surface area contributed by atoms with Crippen LogP contribution in [-0.2, 0) is 6.42 Å². The zero-order valence-corrected chi connectivity index (χ0v) is 11.8. The van der Waals surface area contributed by atoms with Crippen LogP contribution in [0.4, 0.5) is 0 Å². The number of nitrogens with zero attached hydrogens (tertiary/aromatic N) is 1. The van der Waals surface area contributed by atoms with Crippen molar-refractivity contribution in [2.45, 2.75) is 25.7 Å². The SMILES string of the molecule is NCCC1CCCN(C(=O)c2ccc3c(c2)CCO3)C1. The molecule has 1 aromatic carbocycles. The van der Waals surface area contributed by atoms with Crippen LogP contribution in [0, 0.1) is 5.92 Å². The predicted molar refractivity (Wildman–Crippen MR) is 77.9 cm³/mol. The van der Waals surface area contributed by atoms with Crippen LogP contribution < -0.4 is 10.5 Å². The number of carbonyl (C=O) groups is 1. The molecule has 2 aliphatic rings. The van der Waals surface area contributed by atoms with Gasteiger partial charge in [-0.05, 0) is 55.5 Å². The van der Waals surface area contributed by atoms with Crippen molar-refractivity contribution in [3.05, 3.63) is 29.3 Å². The zero-order chi connectivity index (χ0) is 13.9. The zero-order valence-electron chi connectivity index (χ0n) is 11.8. The highest BCUT2D eigenvalue weighted by atomic mass is 16.5. The van der Waals surface area contributed by atoms with Gasteiger partial charge < -0.3 is 15.4 Å². The summed E-state index contributed by atoms with van der Waals surface area (Å²) in [7, 11) is 0.